The molecule has 0 spiro atoms. The van der Waals surface area contributed by atoms with Gasteiger partial charge >= 0.3 is 18.0 Å². The smallest absolute Gasteiger partial charge is 0.407 e. The van der Waals surface area contributed by atoms with Crippen molar-refractivity contribution < 1.29 is 33.8 Å². The molecule has 1 atom stereocenters. The van der Waals surface area contributed by atoms with Gasteiger partial charge in [0, 0.05) is 25.0 Å². The molecule has 0 bridgehead atoms. The highest BCUT2D eigenvalue weighted by atomic mass is 16.6. The van der Waals surface area contributed by atoms with Crippen molar-refractivity contribution in [3.05, 3.63) is 59.7 Å². The SMILES string of the molecule is CC(C)(C)OC(=O)CN1CCC(N(C=O)C[C@H](NC(=O)OCC2c3ccccc3-c3ccccc32)C(=O)O)CC1. The lowest BCUT2D eigenvalue weighted by Crippen LogP contribution is -2.53. The molecule has 1 aliphatic carbocycles. The van der Waals surface area contributed by atoms with Gasteiger partial charge in [-0.25, -0.2) is 9.59 Å². The summed E-state index contributed by atoms with van der Waals surface area (Å²) in [4.78, 5) is 52.0. The molecule has 10 nitrogen and oxygen atoms in total. The molecule has 1 heterocycles. The molecule has 1 aliphatic heterocycles. The summed E-state index contributed by atoms with van der Waals surface area (Å²) < 4.78 is 10.9. The Morgan fingerprint density at radius 3 is 2.15 bits per heavy atom. The second-order valence-corrected chi connectivity index (χ2v) is 11.3. The molecule has 40 heavy (non-hydrogen) atoms. The van der Waals surface area contributed by atoms with Gasteiger partial charge in [-0.2, -0.15) is 0 Å². The van der Waals surface area contributed by atoms with E-state index in [2.05, 4.69) is 5.32 Å². The molecular formula is C30H37N3O7. The minimum absolute atomic E-state index is 0.0553. The molecule has 1 fully saturated rings. The minimum atomic E-state index is -1.33. The van der Waals surface area contributed by atoms with E-state index in [1.807, 2.05) is 74.2 Å². The van der Waals surface area contributed by atoms with Crippen molar-refractivity contribution in [2.45, 2.75) is 57.2 Å². The summed E-state index contributed by atoms with van der Waals surface area (Å²) >= 11 is 0. The normalized spacial score (nSPS) is 16.4. The lowest BCUT2D eigenvalue weighted by Gasteiger charge is -2.37. The molecule has 1 saturated heterocycles. The van der Waals surface area contributed by atoms with Crippen LogP contribution in [0.2, 0.25) is 0 Å². The number of hydrogen-bond donors (Lipinski definition) is 2. The topological polar surface area (TPSA) is 125 Å². The van der Waals surface area contributed by atoms with Crippen molar-refractivity contribution in [2.24, 2.45) is 0 Å². The number of carboxylic acids is 1. The Hall–Kier alpha value is -3.92. The lowest BCUT2D eigenvalue weighted by atomic mass is 9.98. The first-order valence-electron chi connectivity index (χ1n) is 13.5. The Morgan fingerprint density at radius 2 is 1.62 bits per heavy atom. The number of ether oxygens (including phenoxy) is 2. The van der Waals surface area contributed by atoms with Crippen molar-refractivity contribution in [3.8, 4) is 11.1 Å². The van der Waals surface area contributed by atoms with Crippen molar-refractivity contribution in [2.75, 3.05) is 32.8 Å². The quantitative estimate of drug-likeness (QED) is 0.341. The maximum absolute atomic E-state index is 12.7. The predicted octanol–water partition coefficient (Wildman–Crippen LogP) is 3.24. The number of amides is 2. The number of rotatable bonds is 10. The van der Waals surface area contributed by atoms with Gasteiger partial charge in [-0.1, -0.05) is 48.5 Å². The third-order valence-electron chi connectivity index (χ3n) is 7.26. The summed E-state index contributed by atoms with van der Waals surface area (Å²) in [5.41, 5.74) is 3.73. The van der Waals surface area contributed by atoms with Gasteiger partial charge in [0.1, 0.15) is 18.2 Å². The van der Waals surface area contributed by atoms with Crippen molar-refractivity contribution >= 4 is 24.4 Å². The zero-order chi connectivity index (χ0) is 28.9. The largest absolute Gasteiger partial charge is 0.480 e. The number of nitrogens with one attached hydrogen (secondary N) is 1. The number of aliphatic carboxylic acids is 1. The van der Waals surface area contributed by atoms with Crippen LogP contribution in [0.15, 0.2) is 48.5 Å². The fraction of sp³-hybridized carbons (Fsp3) is 0.467. The minimum Gasteiger partial charge on any atom is -0.480 e. The Kier molecular flexibility index (Phi) is 9.09. The van der Waals surface area contributed by atoms with E-state index in [4.69, 9.17) is 9.47 Å². The van der Waals surface area contributed by atoms with E-state index in [0.717, 1.165) is 22.3 Å². The number of benzene rings is 2. The fourth-order valence-electron chi connectivity index (χ4n) is 5.42. The first-order valence-corrected chi connectivity index (χ1v) is 13.5. The monoisotopic (exact) mass is 551 g/mol. The van der Waals surface area contributed by atoms with Gasteiger partial charge in [-0.3, -0.25) is 14.5 Å². The average molecular weight is 552 g/mol. The second-order valence-electron chi connectivity index (χ2n) is 11.3. The number of carbonyl (C=O) groups excluding carboxylic acids is 3. The Bertz CT molecular complexity index is 1190. The summed E-state index contributed by atoms with van der Waals surface area (Å²) in [6.07, 6.45) is 0.897. The zero-order valence-electron chi connectivity index (χ0n) is 23.2. The maximum atomic E-state index is 12.7. The Labute approximate surface area is 234 Å². The van der Waals surface area contributed by atoms with Crippen LogP contribution in [0, 0.1) is 0 Å². The average Bonchev–Trinajstić information content (AvgIpc) is 3.23. The third-order valence-corrected chi connectivity index (χ3v) is 7.26. The molecule has 2 aromatic rings. The maximum Gasteiger partial charge on any atom is 0.407 e. The predicted molar refractivity (Wildman–Crippen MR) is 148 cm³/mol. The van der Waals surface area contributed by atoms with E-state index in [0.29, 0.717) is 32.3 Å². The molecule has 4 rings (SSSR count). The second kappa shape index (κ2) is 12.5. The summed E-state index contributed by atoms with van der Waals surface area (Å²) in [6.45, 7) is 6.58. The number of nitrogens with zero attached hydrogens (tertiary/aromatic N) is 2. The first-order chi connectivity index (χ1) is 19.1. The van der Waals surface area contributed by atoms with E-state index in [1.54, 1.807) is 0 Å². The molecule has 2 N–H and O–H groups in total. The molecule has 0 aromatic heterocycles. The van der Waals surface area contributed by atoms with Gasteiger partial charge < -0.3 is 24.8 Å². The van der Waals surface area contributed by atoms with Crippen LogP contribution < -0.4 is 5.32 Å². The van der Waals surface area contributed by atoms with Crippen LogP contribution in [0.3, 0.4) is 0 Å². The van der Waals surface area contributed by atoms with Gasteiger partial charge in [-0.15, -0.1) is 0 Å². The van der Waals surface area contributed by atoms with Crippen LogP contribution >= 0.6 is 0 Å². The highest BCUT2D eigenvalue weighted by Gasteiger charge is 2.32. The summed E-state index contributed by atoms with van der Waals surface area (Å²) in [7, 11) is 0. The number of carboxylic acid groups (broad SMARTS) is 1. The number of fused-ring (bicyclic) bond motifs is 3. The van der Waals surface area contributed by atoms with Gasteiger partial charge in [0.25, 0.3) is 0 Å². The molecule has 2 amide bonds. The number of esters is 1. The molecule has 214 valence electrons. The Balaban J connectivity index is 1.30. The zero-order valence-corrected chi connectivity index (χ0v) is 23.2. The van der Waals surface area contributed by atoms with Crippen molar-refractivity contribution in [1.82, 2.24) is 15.1 Å². The molecule has 0 radical (unpaired) electrons. The molecule has 2 aromatic carbocycles. The summed E-state index contributed by atoms with van der Waals surface area (Å²) in [6, 6.07) is 14.3. The van der Waals surface area contributed by atoms with Crippen LogP contribution in [0.5, 0.6) is 0 Å². The molecular weight excluding hydrogens is 514 g/mol. The van der Waals surface area contributed by atoms with E-state index in [-0.39, 0.29) is 37.6 Å². The third kappa shape index (κ3) is 7.18. The Morgan fingerprint density at radius 1 is 1.05 bits per heavy atom. The van der Waals surface area contributed by atoms with Gasteiger partial charge in [0.05, 0.1) is 13.1 Å². The number of likely N-dealkylation sites (tertiary alicyclic amines) is 1. The lowest BCUT2D eigenvalue weighted by molar-refractivity contribution is -0.156. The van der Waals surface area contributed by atoms with E-state index in [9.17, 15) is 24.3 Å². The first kappa shape index (κ1) is 29.1. The summed E-state index contributed by atoms with van der Waals surface area (Å²) in [5.74, 6) is -1.72. The number of alkyl carbamates (subject to hydrolysis) is 1. The fourth-order valence-corrected chi connectivity index (χ4v) is 5.42. The molecule has 2 aliphatic rings. The molecule has 0 unspecified atom stereocenters. The van der Waals surface area contributed by atoms with Crippen LogP contribution in [0.1, 0.15) is 50.7 Å². The van der Waals surface area contributed by atoms with E-state index < -0.39 is 23.7 Å². The van der Waals surface area contributed by atoms with Gasteiger partial charge in [-0.05, 0) is 55.9 Å². The number of piperidine rings is 1. The van der Waals surface area contributed by atoms with Gasteiger partial charge in [0.2, 0.25) is 6.41 Å². The van der Waals surface area contributed by atoms with Crippen LogP contribution in [0.25, 0.3) is 11.1 Å². The standard InChI is InChI=1S/C30H37N3O7/c1-30(2,3)40-27(35)17-32-14-12-20(13-15-32)33(19-34)16-26(28(36)37)31-29(38)39-18-25-23-10-6-4-8-21(23)22-9-5-7-11-24(22)25/h4-11,19-20,25-26H,12-18H2,1-3H3,(H,31,38)(H,36,37)/t26-/m0/s1. The number of carbonyl (C=O) groups is 4. The molecule has 0 saturated carbocycles. The van der Waals surface area contributed by atoms with Crippen LogP contribution in [-0.4, -0.2) is 89.8 Å². The summed E-state index contributed by atoms with van der Waals surface area (Å²) in [5, 5.41) is 12.2. The van der Waals surface area contributed by atoms with Crippen LogP contribution in [0.4, 0.5) is 4.79 Å². The van der Waals surface area contributed by atoms with Crippen LogP contribution in [-0.2, 0) is 23.9 Å². The van der Waals surface area contributed by atoms with Gasteiger partial charge in [0.15, 0.2) is 0 Å². The van der Waals surface area contributed by atoms with Crippen molar-refractivity contribution in [1.29, 1.82) is 0 Å². The van der Waals surface area contributed by atoms with E-state index >= 15 is 0 Å². The number of hydrogen-bond acceptors (Lipinski definition) is 7. The van der Waals surface area contributed by atoms with Crippen molar-refractivity contribution in [3.63, 3.8) is 0 Å². The highest BCUT2D eigenvalue weighted by molar-refractivity contribution is 5.81. The highest BCUT2D eigenvalue weighted by Crippen LogP contribution is 2.44. The van der Waals surface area contributed by atoms with E-state index in [1.165, 1.54) is 4.90 Å². The molecule has 10 heteroatoms.